The van der Waals surface area contributed by atoms with Gasteiger partial charge in [-0.05, 0) is 36.4 Å². The number of nitrogens with zero attached hydrogens (tertiary/aromatic N) is 2. The number of benzene rings is 2. The third-order valence-electron chi connectivity index (χ3n) is 3.10. The lowest BCUT2D eigenvalue weighted by Gasteiger charge is -2.11. The first-order chi connectivity index (χ1) is 11.9. The lowest BCUT2D eigenvalue weighted by molar-refractivity contribution is 0.619. The summed E-state index contributed by atoms with van der Waals surface area (Å²) in [6.45, 7) is 0. The van der Waals surface area contributed by atoms with Crippen molar-refractivity contribution >= 4 is 57.7 Å². The first kappa shape index (κ1) is 17.1. The van der Waals surface area contributed by atoms with Crippen LogP contribution < -0.4 is 22.1 Å². The average Bonchev–Trinajstić information content (AvgIpc) is 2.48. The van der Waals surface area contributed by atoms with Gasteiger partial charge in [-0.2, -0.15) is 4.98 Å². The summed E-state index contributed by atoms with van der Waals surface area (Å²) >= 11 is 11.9. The van der Waals surface area contributed by atoms with Crippen molar-refractivity contribution in [1.29, 1.82) is 0 Å². The first-order valence-corrected chi connectivity index (χ1v) is 7.83. The smallest absolute Gasteiger partial charge is 0.229 e. The highest BCUT2D eigenvalue weighted by atomic mass is 35.5. The SMILES string of the molecule is Nc1cc(Cl)cc(Nc2ncc(F)c(Nc3cc(N)cc(Cl)c3)n2)c1. The number of nitrogen functional groups attached to an aromatic ring is 2. The molecule has 0 fully saturated rings. The molecule has 0 aliphatic carbocycles. The molecule has 9 heteroatoms. The zero-order valence-corrected chi connectivity index (χ0v) is 14.2. The number of hydrogen-bond donors (Lipinski definition) is 4. The van der Waals surface area contributed by atoms with Crippen molar-refractivity contribution in [3.05, 3.63) is 58.5 Å². The lowest BCUT2D eigenvalue weighted by atomic mass is 10.3. The van der Waals surface area contributed by atoms with Crippen LogP contribution in [0.2, 0.25) is 10.0 Å². The van der Waals surface area contributed by atoms with E-state index in [0.717, 1.165) is 6.20 Å². The predicted molar refractivity (Wildman–Crippen MR) is 100 cm³/mol. The zero-order valence-electron chi connectivity index (χ0n) is 12.7. The number of halogens is 3. The van der Waals surface area contributed by atoms with E-state index in [2.05, 4.69) is 20.6 Å². The van der Waals surface area contributed by atoms with Gasteiger partial charge in [0.1, 0.15) is 0 Å². The monoisotopic (exact) mass is 378 g/mol. The third-order valence-corrected chi connectivity index (χ3v) is 3.54. The Bertz CT molecular complexity index is 894. The second-order valence-electron chi connectivity index (χ2n) is 5.19. The summed E-state index contributed by atoms with van der Waals surface area (Å²) in [5, 5.41) is 6.62. The number of nitrogens with one attached hydrogen (secondary N) is 2. The molecule has 0 aliphatic heterocycles. The standard InChI is InChI=1S/C16H13Cl2FN6/c17-8-1-10(20)5-12(3-8)23-15-14(19)7-22-16(25-15)24-13-4-9(18)2-11(21)6-13/h1-7H,20-21H2,(H2,22,23,24,25). The molecule has 6 N–H and O–H groups in total. The van der Waals surface area contributed by atoms with E-state index < -0.39 is 5.82 Å². The lowest BCUT2D eigenvalue weighted by Crippen LogP contribution is -2.04. The van der Waals surface area contributed by atoms with Gasteiger partial charge in [0.2, 0.25) is 5.95 Å². The van der Waals surface area contributed by atoms with Crippen LogP contribution in [0.3, 0.4) is 0 Å². The number of anilines is 6. The molecule has 0 unspecified atom stereocenters. The van der Waals surface area contributed by atoms with Gasteiger partial charge in [0, 0.05) is 32.8 Å². The molecule has 0 saturated heterocycles. The van der Waals surface area contributed by atoms with Gasteiger partial charge in [0.15, 0.2) is 11.6 Å². The molecule has 0 atom stereocenters. The molecule has 0 bridgehead atoms. The molecule has 3 aromatic rings. The molecular weight excluding hydrogens is 366 g/mol. The second kappa shape index (κ2) is 7.00. The van der Waals surface area contributed by atoms with Crippen molar-refractivity contribution in [2.45, 2.75) is 0 Å². The summed E-state index contributed by atoms with van der Waals surface area (Å²) in [5.41, 5.74) is 13.5. The van der Waals surface area contributed by atoms with Crippen LogP contribution in [0.4, 0.5) is 38.9 Å². The summed E-state index contributed by atoms with van der Waals surface area (Å²) in [4.78, 5) is 8.00. The molecule has 25 heavy (non-hydrogen) atoms. The number of aromatic nitrogens is 2. The summed E-state index contributed by atoms with van der Waals surface area (Å²) in [6.07, 6.45) is 1.04. The average molecular weight is 379 g/mol. The van der Waals surface area contributed by atoms with Crippen LogP contribution >= 0.6 is 23.2 Å². The van der Waals surface area contributed by atoms with Crippen molar-refractivity contribution < 1.29 is 4.39 Å². The Morgan fingerprint density at radius 2 is 1.40 bits per heavy atom. The van der Waals surface area contributed by atoms with E-state index in [1.807, 2.05) is 0 Å². The zero-order chi connectivity index (χ0) is 18.0. The van der Waals surface area contributed by atoms with Crippen LogP contribution in [0.25, 0.3) is 0 Å². The molecule has 2 aromatic carbocycles. The maximum absolute atomic E-state index is 14.0. The minimum atomic E-state index is -0.630. The van der Waals surface area contributed by atoms with Crippen molar-refractivity contribution in [3.63, 3.8) is 0 Å². The van der Waals surface area contributed by atoms with Gasteiger partial charge in [0.25, 0.3) is 0 Å². The Morgan fingerprint density at radius 1 is 0.840 bits per heavy atom. The van der Waals surface area contributed by atoms with Gasteiger partial charge in [-0.25, -0.2) is 9.37 Å². The minimum absolute atomic E-state index is 0.0332. The normalized spacial score (nSPS) is 10.5. The summed E-state index contributed by atoms with van der Waals surface area (Å²) in [7, 11) is 0. The van der Waals surface area contributed by atoms with E-state index in [1.165, 1.54) is 0 Å². The Labute approximate surface area is 153 Å². The Kier molecular flexibility index (Phi) is 4.78. The second-order valence-corrected chi connectivity index (χ2v) is 6.06. The van der Waals surface area contributed by atoms with E-state index in [-0.39, 0.29) is 11.8 Å². The van der Waals surface area contributed by atoms with Crippen LogP contribution in [0.5, 0.6) is 0 Å². The van der Waals surface area contributed by atoms with Crippen molar-refractivity contribution in [1.82, 2.24) is 9.97 Å². The van der Waals surface area contributed by atoms with E-state index in [4.69, 9.17) is 34.7 Å². The fraction of sp³-hybridized carbons (Fsp3) is 0. The highest BCUT2D eigenvalue weighted by Crippen LogP contribution is 2.26. The number of rotatable bonds is 4. The van der Waals surface area contributed by atoms with Gasteiger partial charge in [-0.3, -0.25) is 0 Å². The first-order valence-electron chi connectivity index (χ1n) is 7.08. The number of hydrogen-bond acceptors (Lipinski definition) is 6. The fourth-order valence-corrected chi connectivity index (χ4v) is 2.64. The largest absolute Gasteiger partial charge is 0.399 e. The van der Waals surface area contributed by atoms with Crippen molar-refractivity contribution in [3.8, 4) is 0 Å². The highest BCUT2D eigenvalue weighted by molar-refractivity contribution is 6.31. The Morgan fingerprint density at radius 3 is 1.96 bits per heavy atom. The highest BCUT2D eigenvalue weighted by Gasteiger charge is 2.09. The molecule has 0 amide bonds. The maximum atomic E-state index is 14.0. The molecule has 1 aromatic heterocycles. The van der Waals surface area contributed by atoms with Gasteiger partial charge < -0.3 is 22.1 Å². The number of nitrogens with two attached hydrogens (primary N) is 2. The van der Waals surface area contributed by atoms with E-state index >= 15 is 0 Å². The topological polar surface area (TPSA) is 102 Å². The molecular formula is C16H13Cl2FN6. The fourth-order valence-electron chi connectivity index (χ4n) is 2.15. The summed E-state index contributed by atoms with van der Waals surface area (Å²) < 4.78 is 14.0. The van der Waals surface area contributed by atoms with Crippen LogP contribution in [0, 0.1) is 5.82 Å². The molecule has 1 heterocycles. The summed E-state index contributed by atoms with van der Waals surface area (Å²) in [5.74, 6) is -0.496. The Hall–Kier alpha value is -2.77. The minimum Gasteiger partial charge on any atom is -0.399 e. The van der Waals surface area contributed by atoms with E-state index in [0.29, 0.717) is 32.8 Å². The Balaban J connectivity index is 1.87. The molecule has 3 rings (SSSR count). The molecule has 0 aliphatic rings. The molecule has 0 spiro atoms. The molecule has 128 valence electrons. The molecule has 6 nitrogen and oxygen atoms in total. The van der Waals surface area contributed by atoms with Crippen LogP contribution in [0.1, 0.15) is 0 Å². The van der Waals surface area contributed by atoms with Gasteiger partial charge in [0.05, 0.1) is 6.20 Å². The predicted octanol–water partition coefficient (Wildman–Crippen LogP) is 4.57. The van der Waals surface area contributed by atoms with E-state index in [9.17, 15) is 4.39 Å². The molecule has 0 saturated carbocycles. The van der Waals surface area contributed by atoms with Crippen LogP contribution in [0.15, 0.2) is 42.6 Å². The molecule has 0 radical (unpaired) electrons. The summed E-state index contributed by atoms with van der Waals surface area (Å²) in [6, 6.07) is 9.70. The quantitative estimate of drug-likeness (QED) is 0.495. The maximum Gasteiger partial charge on any atom is 0.229 e. The van der Waals surface area contributed by atoms with Gasteiger partial charge >= 0.3 is 0 Å². The van der Waals surface area contributed by atoms with Crippen molar-refractivity contribution in [2.24, 2.45) is 0 Å². The van der Waals surface area contributed by atoms with Crippen LogP contribution in [-0.4, -0.2) is 9.97 Å². The van der Waals surface area contributed by atoms with Gasteiger partial charge in [-0.15, -0.1) is 0 Å². The van der Waals surface area contributed by atoms with E-state index in [1.54, 1.807) is 36.4 Å². The third kappa shape index (κ3) is 4.40. The van der Waals surface area contributed by atoms with Crippen molar-refractivity contribution in [2.75, 3.05) is 22.1 Å². The van der Waals surface area contributed by atoms with Crippen LogP contribution in [-0.2, 0) is 0 Å². The van der Waals surface area contributed by atoms with Gasteiger partial charge in [-0.1, -0.05) is 23.2 Å².